The Morgan fingerprint density at radius 2 is 2.04 bits per heavy atom. The van der Waals surface area contributed by atoms with Gasteiger partial charge in [-0.3, -0.25) is 9.59 Å². The van der Waals surface area contributed by atoms with Crippen molar-refractivity contribution in [2.24, 2.45) is 17.1 Å². The van der Waals surface area contributed by atoms with E-state index in [0.29, 0.717) is 24.3 Å². The van der Waals surface area contributed by atoms with Gasteiger partial charge in [0.2, 0.25) is 5.91 Å². The van der Waals surface area contributed by atoms with Crippen molar-refractivity contribution in [3.63, 3.8) is 0 Å². The van der Waals surface area contributed by atoms with Crippen LogP contribution >= 0.6 is 0 Å². The van der Waals surface area contributed by atoms with Crippen LogP contribution in [0.3, 0.4) is 0 Å². The highest BCUT2D eigenvalue weighted by molar-refractivity contribution is 6.05. The van der Waals surface area contributed by atoms with Crippen LogP contribution in [0, 0.1) is 11.3 Å². The van der Waals surface area contributed by atoms with E-state index < -0.39 is 0 Å². The number of hydrogen-bond donors (Lipinski definition) is 1. The Morgan fingerprint density at radius 3 is 2.65 bits per heavy atom. The maximum Gasteiger partial charge on any atom is 0.255 e. The second-order valence-corrected chi connectivity index (χ2v) is 7.18. The average Bonchev–Trinajstić information content (AvgIpc) is 3.35. The summed E-state index contributed by atoms with van der Waals surface area (Å²) in [6, 6.07) is 7.39. The summed E-state index contributed by atoms with van der Waals surface area (Å²) in [5, 5.41) is 0. The number of benzene rings is 1. The largest absolute Gasteiger partial charge is 0.338 e. The predicted octanol–water partition coefficient (Wildman–Crippen LogP) is 1.87. The maximum absolute atomic E-state index is 12.9. The van der Waals surface area contributed by atoms with Crippen LogP contribution in [0.1, 0.15) is 36.5 Å². The maximum atomic E-state index is 12.9. The molecule has 1 unspecified atom stereocenters. The van der Waals surface area contributed by atoms with Crippen molar-refractivity contribution in [1.82, 2.24) is 4.90 Å². The van der Waals surface area contributed by atoms with Gasteiger partial charge >= 0.3 is 0 Å². The van der Waals surface area contributed by atoms with Crippen molar-refractivity contribution in [1.29, 1.82) is 0 Å². The molecule has 1 saturated heterocycles. The number of nitrogens with two attached hydrogens (primary N) is 1. The number of nitrogens with zero attached hydrogens (tertiary/aromatic N) is 2. The van der Waals surface area contributed by atoms with Crippen molar-refractivity contribution in [2.45, 2.75) is 26.2 Å². The highest BCUT2D eigenvalue weighted by Gasteiger charge is 2.37. The van der Waals surface area contributed by atoms with E-state index in [1.807, 2.05) is 29.2 Å². The van der Waals surface area contributed by atoms with E-state index >= 15 is 0 Å². The monoisotopic (exact) mass is 315 g/mol. The van der Waals surface area contributed by atoms with Crippen LogP contribution in [-0.2, 0) is 4.79 Å². The van der Waals surface area contributed by atoms with E-state index in [-0.39, 0.29) is 23.1 Å². The number of amides is 2. The first-order valence-corrected chi connectivity index (χ1v) is 8.31. The number of carbonyl (C=O) groups excluding carboxylic acids is 2. The summed E-state index contributed by atoms with van der Waals surface area (Å²) in [4.78, 5) is 28.8. The fourth-order valence-electron chi connectivity index (χ4n) is 3.20. The highest BCUT2D eigenvalue weighted by atomic mass is 16.2. The molecule has 1 aromatic carbocycles. The van der Waals surface area contributed by atoms with Gasteiger partial charge in [0.15, 0.2) is 0 Å². The average molecular weight is 315 g/mol. The zero-order valence-electron chi connectivity index (χ0n) is 13.9. The van der Waals surface area contributed by atoms with Crippen molar-refractivity contribution < 1.29 is 9.59 Å². The minimum Gasteiger partial charge on any atom is -0.338 e. The molecule has 1 atom stereocenters. The SMILES string of the molecule is CN(C(=O)C1CC1)c1ccccc1C(=O)N1CCC(C)(CN)C1. The number of hydrogen-bond acceptors (Lipinski definition) is 3. The minimum absolute atomic E-state index is 0.000335. The van der Waals surface area contributed by atoms with Crippen molar-refractivity contribution >= 4 is 17.5 Å². The van der Waals surface area contributed by atoms with Gasteiger partial charge in [-0.05, 0) is 43.4 Å². The standard InChI is InChI=1S/C18H25N3O2/c1-18(11-19)9-10-21(12-18)17(23)14-5-3-4-6-15(14)20(2)16(22)13-7-8-13/h3-6,13H,7-12,19H2,1-2H3. The quantitative estimate of drug-likeness (QED) is 0.922. The Labute approximate surface area is 137 Å². The van der Waals surface area contributed by atoms with E-state index in [1.54, 1.807) is 11.9 Å². The van der Waals surface area contributed by atoms with E-state index in [4.69, 9.17) is 5.73 Å². The number of rotatable bonds is 4. The summed E-state index contributed by atoms with van der Waals surface area (Å²) in [6.45, 7) is 4.10. The predicted molar refractivity (Wildman–Crippen MR) is 90.3 cm³/mol. The van der Waals surface area contributed by atoms with Crippen LogP contribution in [0.4, 0.5) is 5.69 Å². The summed E-state index contributed by atoms with van der Waals surface area (Å²) in [7, 11) is 1.76. The van der Waals surface area contributed by atoms with Crippen LogP contribution in [-0.4, -0.2) is 43.4 Å². The molecule has 0 spiro atoms. The van der Waals surface area contributed by atoms with E-state index in [1.165, 1.54) is 0 Å². The van der Waals surface area contributed by atoms with E-state index in [9.17, 15) is 9.59 Å². The summed E-state index contributed by atoms with van der Waals surface area (Å²) < 4.78 is 0. The lowest BCUT2D eigenvalue weighted by molar-refractivity contribution is -0.119. The molecule has 1 saturated carbocycles. The molecule has 1 heterocycles. The lowest BCUT2D eigenvalue weighted by Crippen LogP contribution is -2.36. The number of anilines is 1. The van der Waals surface area contributed by atoms with Crippen LogP contribution in [0.2, 0.25) is 0 Å². The number of likely N-dealkylation sites (tertiary alicyclic amines) is 1. The second kappa shape index (κ2) is 5.96. The summed E-state index contributed by atoms with van der Waals surface area (Å²) in [5.74, 6) is 0.238. The smallest absolute Gasteiger partial charge is 0.255 e. The first-order chi connectivity index (χ1) is 10.9. The molecule has 5 nitrogen and oxygen atoms in total. The third kappa shape index (κ3) is 3.11. The molecule has 1 aliphatic heterocycles. The first kappa shape index (κ1) is 16.0. The summed E-state index contributed by atoms with van der Waals surface area (Å²) in [5.41, 5.74) is 7.14. The van der Waals surface area contributed by atoms with Crippen LogP contribution < -0.4 is 10.6 Å². The van der Waals surface area contributed by atoms with Gasteiger partial charge in [0.25, 0.3) is 5.91 Å². The molecule has 1 aromatic rings. The lowest BCUT2D eigenvalue weighted by atomic mass is 9.90. The Balaban J connectivity index is 1.82. The van der Waals surface area contributed by atoms with E-state index in [0.717, 1.165) is 25.8 Å². The van der Waals surface area contributed by atoms with Crippen molar-refractivity contribution in [3.8, 4) is 0 Å². The van der Waals surface area contributed by atoms with E-state index in [2.05, 4.69) is 6.92 Å². The van der Waals surface area contributed by atoms with Gasteiger partial charge in [-0.25, -0.2) is 0 Å². The molecule has 0 bridgehead atoms. The second-order valence-electron chi connectivity index (χ2n) is 7.18. The summed E-state index contributed by atoms with van der Waals surface area (Å²) >= 11 is 0. The molecule has 0 aromatic heterocycles. The molecule has 2 N–H and O–H groups in total. The zero-order valence-corrected chi connectivity index (χ0v) is 13.9. The van der Waals surface area contributed by atoms with Gasteiger partial charge in [-0.2, -0.15) is 0 Å². The van der Waals surface area contributed by atoms with Crippen LogP contribution in [0.25, 0.3) is 0 Å². The Morgan fingerprint density at radius 1 is 1.35 bits per heavy atom. The topological polar surface area (TPSA) is 66.6 Å². The molecule has 124 valence electrons. The fourth-order valence-corrected chi connectivity index (χ4v) is 3.20. The third-order valence-corrected chi connectivity index (χ3v) is 5.09. The van der Waals surface area contributed by atoms with Gasteiger partial charge < -0.3 is 15.5 Å². The Bertz CT molecular complexity index is 626. The van der Waals surface area contributed by atoms with Crippen LogP contribution in [0.5, 0.6) is 0 Å². The zero-order chi connectivity index (χ0) is 16.6. The minimum atomic E-state index is -0.00628. The number of para-hydroxylation sites is 1. The van der Waals surface area contributed by atoms with Gasteiger partial charge in [0.05, 0.1) is 11.3 Å². The van der Waals surface area contributed by atoms with Crippen molar-refractivity contribution in [2.75, 3.05) is 31.6 Å². The van der Waals surface area contributed by atoms with Gasteiger partial charge in [0, 0.05) is 26.1 Å². The normalized spacial score (nSPS) is 23.9. The van der Waals surface area contributed by atoms with Crippen LogP contribution in [0.15, 0.2) is 24.3 Å². The Hall–Kier alpha value is -1.88. The number of carbonyl (C=O) groups is 2. The molecule has 0 radical (unpaired) electrons. The molecular formula is C18H25N3O2. The van der Waals surface area contributed by atoms with Gasteiger partial charge in [-0.1, -0.05) is 19.1 Å². The fraction of sp³-hybridized carbons (Fsp3) is 0.556. The highest BCUT2D eigenvalue weighted by Crippen LogP contribution is 2.34. The lowest BCUT2D eigenvalue weighted by Gasteiger charge is -2.25. The molecule has 1 aliphatic carbocycles. The molecule has 2 amide bonds. The summed E-state index contributed by atoms with van der Waals surface area (Å²) in [6.07, 6.45) is 2.84. The van der Waals surface area contributed by atoms with Crippen molar-refractivity contribution in [3.05, 3.63) is 29.8 Å². The molecule has 23 heavy (non-hydrogen) atoms. The van der Waals surface area contributed by atoms with Gasteiger partial charge in [0.1, 0.15) is 0 Å². The third-order valence-electron chi connectivity index (χ3n) is 5.09. The molecular weight excluding hydrogens is 290 g/mol. The molecule has 5 heteroatoms. The first-order valence-electron chi connectivity index (χ1n) is 8.31. The Kier molecular flexibility index (Phi) is 4.15. The molecule has 2 fully saturated rings. The van der Waals surface area contributed by atoms with Gasteiger partial charge in [-0.15, -0.1) is 0 Å². The molecule has 2 aliphatic rings. The molecule has 3 rings (SSSR count).